The predicted molar refractivity (Wildman–Crippen MR) is 96.7 cm³/mol. The second kappa shape index (κ2) is 6.17. The standard InChI is InChI=1S/C18H27BN2O3/c1-7-15-12-21(11-13(2)22-15)16-9-8-14(10-20-16)19-23-17(3,4)18(5,6)24-19/h7-10,13,15H,1,11-12H2,2-6H3/t13-,15-/m0/s1. The Labute approximate surface area is 145 Å². The molecule has 5 nitrogen and oxygen atoms in total. The summed E-state index contributed by atoms with van der Waals surface area (Å²) >= 11 is 0. The highest BCUT2D eigenvalue weighted by atomic mass is 16.7. The van der Waals surface area contributed by atoms with Crippen molar-refractivity contribution in [1.82, 2.24) is 4.98 Å². The second-order valence-electron chi connectivity index (χ2n) is 7.66. The van der Waals surface area contributed by atoms with Crippen molar-refractivity contribution in [2.24, 2.45) is 0 Å². The van der Waals surface area contributed by atoms with Crippen LogP contribution in [-0.4, -0.2) is 48.6 Å². The van der Waals surface area contributed by atoms with E-state index in [0.29, 0.717) is 0 Å². The average Bonchev–Trinajstić information content (AvgIpc) is 2.75. The Morgan fingerprint density at radius 3 is 2.42 bits per heavy atom. The van der Waals surface area contributed by atoms with E-state index in [4.69, 9.17) is 14.0 Å². The summed E-state index contributed by atoms with van der Waals surface area (Å²) in [6, 6.07) is 4.06. The molecule has 130 valence electrons. The maximum Gasteiger partial charge on any atom is 0.496 e. The Bertz CT molecular complexity index is 587. The zero-order chi connectivity index (χ0) is 17.5. The topological polar surface area (TPSA) is 43.8 Å². The van der Waals surface area contributed by atoms with Crippen molar-refractivity contribution in [3.63, 3.8) is 0 Å². The molecule has 0 saturated carbocycles. The average molecular weight is 330 g/mol. The largest absolute Gasteiger partial charge is 0.496 e. The molecule has 0 amide bonds. The highest BCUT2D eigenvalue weighted by Crippen LogP contribution is 2.36. The van der Waals surface area contributed by atoms with Gasteiger partial charge >= 0.3 is 7.12 Å². The van der Waals surface area contributed by atoms with Crippen molar-refractivity contribution in [1.29, 1.82) is 0 Å². The lowest BCUT2D eigenvalue weighted by Crippen LogP contribution is -2.46. The first-order valence-corrected chi connectivity index (χ1v) is 8.56. The molecule has 3 heterocycles. The molecule has 0 aromatic carbocycles. The Hall–Kier alpha value is -1.37. The number of rotatable bonds is 3. The zero-order valence-electron chi connectivity index (χ0n) is 15.3. The summed E-state index contributed by atoms with van der Waals surface area (Å²) in [5.41, 5.74) is 0.263. The van der Waals surface area contributed by atoms with Gasteiger partial charge in [0.05, 0.1) is 23.4 Å². The lowest BCUT2D eigenvalue weighted by Gasteiger charge is -2.36. The minimum atomic E-state index is -0.374. The Balaban J connectivity index is 1.73. The van der Waals surface area contributed by atoms with E-state index in [9.17, 15) is 0 Å². The van der Waals surface area contributed by atoms with Crippen LogP contribution in [-0.2, 0) is 14.0 Å². The van der Waals surface area contributed by atoms with E-state index in [-0.39, 0.29) is 30.5 Å². The lowest BCUT2D eigenvalue weighted by molar-refractivity contribution is 0.00578. The van der Waals surface area contributed by atoms with Crippen molar-refractivity contribution in [2.45, 2.75) is 58.0 Å². The maximum atomic E-state index is 6.08. The van der Waals surface area contributed by atoms with Gasteiger partial charge in [-0.05, 0) is 40.7 Å². The summed E-state index contributed by atoms with van der Waals surface area (Å²) in [7, 11) is -0.374. The number of nitrogens with zero attached hydrogens (tertiary/aromatic N) is 2. The molecule has 0 spiro atoms. The van der Waals surface area contributed by atoms with Crippen LogP contribution in [0, 0.1) is 0 Å². The number of morpholine rings is 1. The third-order valence-corrected chi connectivity index (χ3v) is 5.17. The molecule has 2 fully saturated rings. The van der Waals surface area contributed by atoms with Gasteiger partial charge in [0.2, 0.25) is 0 Å². The van der Waals surface area contributed by atoms with Gasteiger partial charge in [-0.15, -0.1) is 6.58 Å². The molecule has 0 bridgehead atoms. The third-order valence-electron chi connectivity index (χ3n) is 5.17. The molecular weight excluding hydrogens is 303 g/mol. The Morgan fingerprint density at radius 2 is 1.88 bits per heavy atom. The van der Waals surface area contributed by atoms with E-state index in [2.05, 4.69) is 51.1 Å². The first-order chi connectivity index (χ1) is 11.2. The minimum absolute atomic E-state index is 0.0401. The van der Waals surface area contributed by atoms with Gasteiger partial charge in [-0.3, -0.25) is 0 Å². The summed E-state index contributed by atoms with van der Waals surface area (Å²) in [5.74, 6) is 0.942. The number of pyridine rings is 1. The Morgan fingerprint density at radius 1 is 1.21 bits per heavy atom. The van der Waals surface area contributed by atoms with Crippen LogP contribution in [0.15, 0.2) is 31.0 Å². The van der Waals surface area contributed by atoms with E-state index in [0.717, 1.165) is 24.4 Å². The SMILES string of the molecule is C=C[C@H]1CN(c2ccc(B3OC(C)(C)C(C)(C)O3)cn2)C[C@H](C)O1. The highest BCUT2D eigenvalue weighted by molar-refractivity contribution is 6.62. The molecule has 24 heavy (non-hydrogen) atoms. The molecule has 0 aliphatic carbocycles. The van der Waals surface area contributed by atoms with Gasteiger partial charge < -0.3 is 18.9 Å². The van der Waals surface area contributed by atoms with Crippen LogP contribution < -0.4 is 10.4 Å². The fourth-order valence-electron chi connectivity index (χ4n) is 3.01. The van der Waals surface area contributed by atoms with Crippen LogP contribution in [0.1, 0.15) is 34.6 Å². The van der Waals surface area contributed by atoms with Crippen molar-refractivity contribution < 1.29 is 14.0 Å². The van der Waals surface area contributed by atoms with Gasteiger partial charge in [0.25, 0.3) is 0 Å². The normalized spacial score (nSPS) is 28.9. The Kier molecular flexibility index (Phi) is 4.49. The minimum Gasteiger partial charge on any atom is -0.399 e. The quantitative estimate of drug-likeness (QED) is 0.628. The summed E-state index contributed by atoms with van der Waals surface area (Å²) in [6.45, 7) is 15.7. The van der Waals surface area contributed by atoms with E-state index in [1.54, 1.807) is 0 Å². The lowest BCUT2D eigenvalue weighted by atomic mass is 9.80. The van der Waals surface area contributed by atoms with Gasteiger partial charge in [-0.2, -0.15) is 0 Å². The van der Waals surface area contributed by atoms with Gasteiger partial charge in [-0.25, -0.2) is 4.98 Å². The van der Waals surface area contributed by atoms with E-state index in [1.807, 2.05) is 24.4 Å². The van der Waals surface area contributed by atoms with Crippen LogP contribution in [0.5, 0.6) is 0 Å². The van der Waals surface area contributed by atoms with Crippen molar-refractivity contribution in [3.8, 4) is 0 Å². The van der Waals surface area contributed by atoms with Crippen LogP contribution in [0.4, 0.5) is 5.82 Å². The predicted octanol–water partition coefficient (Wildman–Crippen LogP) is 2.16. The molecule has 6 heteroatoms. The van der Waals surface area contributed by atoms with E-state index in [1.165, 1.54) is 0 Å². The monoisotopic (exact) mass is 330 g/mol. The molecule has 0 N–H and O–H groups in total. The van der Waals surface area contributed by atoms with E-state index >= 15 is 0 Å². The van der Waals surface area contributed by atoms with Crippen molar-refractivity contribution in [2.75, 3.05) is 18.0 Å². The van der Waals surface area contributed by atoms with Gasteiger partial charge in [0.15, 0.2) is 0 Å². The molecule has 2 aliphatic heterocycles. The first-order valence-electron chi connectivity index (χ1n) is 8.56. The summed E-state index contributed by atoms with van der Waals surface area (Å²) in [5, 5.41) is 0. The van der Waals surface area contributed by atoms with Gasteiger partial charge in [-0.1, -0.05) is 12.1 Å². The number of aromatic nitrogens is 1. The molecule has 2 saturated heterocycles. The zero-order valence-corrected chi connectivity index (χ0v) is 15.3. The first kappa shape index (κ1) is 17.5. The molecule has 3 rings (SSSR count). The van der Waals surface area contributed by atoms with Gasteiger partial charge in [0, 0.05) is 24.7 Å². The van der Waals surface area contributed by atoms with Crippen LogP contribution in [0.25, 0.3) is 0 Å². The molecular formula is C18H27BN2O3. The molecule has 0 unspecified atom stereocenters. The van der Waals surface area contributed by atoms with Crippen LogP contribution in [0.2, 0.25) is 0 Å². The van der Waals surface area contributed by atoms with Crippen molar-refractivity contribution in [3.05, 3.63) is 31.0 Å². The summed E-state index contributed by atoms with van der Waals surface area (Å²) in [6.07, 6.45) is 3.90. The second-order valence-corrected chi connectivity index (χ2v) is 7.66. The number of ether oxygens (including phenoxy) is 1. The smallest absolute Gasteiger partial charge is 0.399 e. The van der Waals surface area contributed by atoms with Crippen molar-refractivity contribution >= 4 is 18.4 Å². The summed E-state index contributed by atoms with van der Waals surface area (Å²) < 4.78 is 18.0. The van der Waals surface area contributed by atoms with Gasteiger partial charge in [0.1, 0.15) is 5.82 Å². The molecule has 0 radical (unpaired) electrons. The van der Waals surface area contributed by atoms with Crippen LogP contribution >= 0.6 is 0 Å². The number of hydrogen-bond donors (Lipinski definition) is 0. The van der Waals surface area contributed by atoms with Crippen LogP contribution in [0.3, 0.4) is 0 Å². The number of hydrogen-bond acceptors (Lipinski definition) is 5. The molecule has 1 aromatic rings. The summed E-state index contributed by atoms with van der Waals surface area (Å²) in [4.78, 5) is 6.85. The molecule has 2 atom stereocenters. The molecule has 1 aromatic heterocycles. The number of anilines is 1. The van der Waals surface area contributed by atoms with E-state index < -0.39 is 0 Å². The molecule has 2 aliphatic rings. The third kappa shape index (κ3) is 3.23. The maximum absolute atomic E-state index is 6.08. The fourth-order valence-corrected chi connectivity index (χ4v) is 3.01. The highest BCUT2D eigenvalue weighted by Gasteiger charge is 2.51. The fraction of sp³-hybridized carbons (Fsp3) is 0.611.